The summed E-state index contributed by atoms with van der Waals surface area (Å²) in [5.41, 5.74) is 1.07. The van der Waals surface area contributed by atoms with E-state index in [1.54, 1.807) is 0 Å². The number of carbonyl (C=O) groups excluding carboxylic acids is 1. The molecule has 1 heterocycles. The molecule has 0 fully saturated rings. The summed E-state index contributed by atoms with van der Waals surface area (Å²) < 4.78 is 10.5. The van der Waals surface area contributed by atoms with E-state index in [0.717, 1.165) is 23.5 Å². The minimum absolute atomic E-state index is 0.0232. The molecule has 104 valence electrons. The molecule has 0 spiro atoms. The highest BCUT2D eigenvalue weighted by atomic mass is 16.7. The van der Waals surface area contributed by atoms with Crippen LogP contribution < -0.4 is 20.1 Å². The number of hydrogen-bond acceptors (Lipinski definition) is 4. The molecule has 5 nitrogen and oxygen atoms in total. The van der Waals surface area contributed by atoms with E-state index in [-0.39, 0.29) is 18.7 Å². The van der Waals surface area contributed by atoms with Crippen molar-refractivity contribution >= 4 is 5.91 Å². The fourth-order valence-corrected chi connectivity index (χ4v) is 1.80. The molecule has 1 atom stereocenters. The number of rotatable bonds is 6. The van der Waals surface area contributed by atoms with Crippen molar-refractivity contribution in [3.8, 4) is 11.5 Å². The maximum atomic E-state index is 11.6. The Balaban J connectivity index is 1.75. The van der Waals surface area contributed by atoms with E-state index in [0.29, 0.717) is 13.1 Å². The van der Waals surface area contributed by atoms with Crippen molar-refractivity contribution in [2.75, 3.05) is 13.3 Å². The van der Waals surface area contributed by atoms with Crippen LogP contribution in [0.4, 0.5) is 0 Å². The van der Waals surface area contributed by atoms with Crippen molar-refractivity contribution < 1.29 is 14.3 Å². The van der Waals surface area contributed by atoms with E-state index in [2.05, 4.69) is 10.6 Å². The predicted octanol–water partition coefficient (Wildman–Crippen LogP) is 1.42. The quantitative estimate of drug-likeness (QED) is 0.816. The fraction of sp³-hybridized carbons (Fsp3) is 0.500. The first-order valence-electron chi connectivity index (χ1n) is 6.57. The Bertz CT molecular complexity index is 448. The van der Waals surface area contributed by atoms with Crippen molar-refractivity contribution in [2.45, 2.75) is 32.9 Å². The lowest BCUT2D eigenvalue weighted by Gasteiger charge is -2.11. The average molecular weight is 264 g/mol. The van der Waals surface area contributed by atoms with Gasteiger partial charge in [0.05, 0.1) is 6.54 Å². The number of fused-ring (bicyclic) bond motifs is 1. The Kier molecular flexibility index (Phi) is 4.63. The Hall–Kier alpha value is -1.75. The molecule has 1 aromatic carbocycles. The van der Waals surface area contributed by atoms with Crippen LogP contribution in [-0.4, -0.2) is 25.3 Å². The molecule has 0 aliphatic carbocycles. The molecule has 1 unspecified atom stereocenters. The van der Waals surface area contributed by atoms with Crippen LogP contribution in [0.2, 0.25) is 0 Å². The van der Waals surface area contributed by atoms with Gasteiger partial charge in [0.25, 0.3) is 0 Å². The third-order valence-corrected chi connectivity index (χ3v) is 3.07. The lowest BCUT2D eigenvalue weighted by atomic mass is 10.2. The van der Waals surface area contributed by atoms with Crippen molar-refractivity contribution in [2.24, 2.45) is 0 Å². The molecule has 0 aromatic heterocycles. The molecule has 0 bridgehead atoms. The fourth-order valence-electron chi connectivity index (χ4n) is 1.80. The first-order valence-corrected chi connectivity index (χ1v) is 6.57. The summed E-state index contributed by atoms with van der Waals surface area (Å²) in [6.45, 7) is 5.27. The maximum absolute atomic E-state index is 11.6. The monoisotopic (exact) mass is 264 g/mol. The summed E-state index contributed by atoms with van der Waals surface area (Å²) in [7, 11) is 0. The van der Waals surface area contributed by atoms with Gasteiger partial charge in [-0.05, 0) is 31.0 Å². The second kappa shape index (κ2) is 6.43. The van der Waals surface area contributed by atoms with Gasteiger partial charge < -0.3 is 20.1 Å². The molecular formula is C14H20N2O3. The van der Waals surface area contributed by atoms with Crippen LogP contribution in [0.25, 0.3) is 0 Å². The summed E-state index contributed by atoms with van der Waals surface area (Å²) in [4.78, 5) is 11.6. The van der Waals surface area contributed by atoms with Gasteiger partial charge in [-0.15, -0.1) is 0 Å². The van der Waals surface area contributed by atoms with E-state index in [9.17, 15) is 4.79 Å². The highest BCUT2D eigenvalue weighted by molar-refractivity contribution is 5.78. The third-order valence-electron chi connectivity index (χ3n) is 3.07. The smallest absolute Gasteiger partial charge is 0.234 e. The molecule has 0 radical (unpaired) electrons. The second-order valence-corrected chi connectivity index (χ2v) is 4.67. The molecular weight excluding hydrogens is 244 g/mol. The van der Waals surface area contributed by atoms with E-state index >= 15 is 0 Å². The molecule has 2 rings (SSSR count). The number of amides is 1. The summed E-state index contributed by atoms with van der Waals surface area (Å²) in [6, 6.07) is 6.01. The van der Waals surface area contributed by atoms with E-state index in [4.69, 9.17) is 9.47 Å². The lowest BCUT2D eigenvalue weighted by molar-refractivity contribution is -0.120. The van der Waals surface area contributed by atoms with Crippen molar-refractivity contribution in [3.05, 3.63) is 23.8 Å². The van der Waals surface area contributed by atoms with Gasteiger partial charge in [-0.3, -0.25) is 4.79 Å². The summed E-state index contributed by atoms with van der Waals surface area (Å²) in [6.07, 6.45) is 0.938. The van der Waals surface area contributed by atoms with Gasteiger partial charge in [0.15, 0.2) is 11.5 Å². The van der Waals surface area contributed by atoms with Crippen molar-refractivity contribution in [1.29, 1.82) is 0 Å². The number of hydrogen-bond donors (Lipinski definition) is 2. The number of nitrogens with one attached hydrogen (secondary N) is 2. The zero-order valence-electron chi connectivity index (χ0n) is 11.4. The molecule has 1 aliphatic rings. The van der Waals surface area contributed by atoms with Crippen LogP contribution in [0, 0.1) is 0 Å². The zero-order chi connectivity index (χ0) is 13.7. The highest BCUT2D eigenvalue weighted by Crippen LogP contribution is 2.32. The van der Waals surface area contributed by atoms with Gasteiger partial charge in [-0.2, -0.15) is 0 Å². The molecule has 1 aromatic rings. The number of ether oxygens (including phenoxy) is 2. The number of benzene rings is 1. The van der Waals surface area contributed by atoms with Crippen molar-refractivity contribution in [1.82, 2.24) is 10.6 Å². The normalized spacial score (nSPS) is 14.2. The van der Waals surface area contributed by atoms with Crippen LogP contribution in [0.5, 0.6) is 11.5 Å². The Morgan fingerprint density at radius 3 is 2.95 bits per heavy atom. The van der Waals surface area contributed by atoms with Gasteiger partial charge >= 0.3 is 0 Å². The average Bonchev–Trinajstić information content (AvgIpc) is 2.86. The Morgan fingerprint density at radius 1 is 1.37 bits per heavy atom. The third kappa shape index (κ3) is 3.86. The van der Waals surface area contributed by atoms with E-state index in [1.165, 1.54) is 0 Å². The molecule has 0 saturated heterocycles. The van der Waals surface area contributed by atoms with Gasteiger partial charge in [0, 0.05) is 12.6 Å². The topological polar surface area (TPSA) is 59.6 Å². The van der Waals surface area contributed by atoms with Gasteiger partial charge in [0.2, 0.25) is 12.7 Å². The number of carbonyl (C=O) groups is 1. The maximum Gasteiger partial charge on any atom is 0.234 e. The Morgan fingerprint density at radius 2 is 2.16 bits per heavy atom. The van der Waals surface area contributed by atoms with Crippen LogP contribution in [0.15, 0.2) is 18.2 Å². The van der Waals surface area contributed by atoms with E-state index in [1.807, 2.05) is 32.0 Å². The van der Waals surface area contributed by atoms with Crippen LogP contribution in [-0.2, 0) is 11.3 Å². The first kappa shape index (κ1) is 13.7. The molecule has 1 amide bonds. The summed E-state index contributed by atoms with van der Waals surface area (Å²) in [5, 5.41) is 6.03. The van der Waals surface area contributed by atoms with Crippen LogP contribution in [0.3, 0.4) is 0 Å². The largest absolute Gasteiger partial charge is 0.454 e. The van der Waals surface area contributed by atoms with Gasteiger partial charge in [0.1, 0.15) is 0 Å². The second-order valence-electron chi connectivity index (χ2n) is 4.67. The Labute approximate surface area is 113 Å². The molecule has 2 N–H and O–H groups in total. The van der Waals surface area contributed by atoms with Crippen molar-refractivity contribution in [3.63, 3.8) is 0 Å². The zero-order valence-corrected chi connectivity index (χ0v) is 11.4. The first-order chi connectivity index (χ1) is 9.19. The molecule has 0 saturated carbocycles. The molecule has 5 heteroatoms. The SMILES string of the molecule is CCC(C)NC(=O)CNCc1ccc2c(c1)OCO2. The minimum Gasteiger partial charge on any atom is -0.454 e. The molecule has 1 aliphatic heterocycles. The van der Waals surface area contributed by atoms with Crippen LogP contribution >= 0.6 is 0 Å². The summed E-state index contributed by atoms with van der Waals surface area (Å²) >= 11 is 0. The van der Waals surface area contributed by atoms with Gasteiger partial charge in [-0.25, -0.2) is 0 Å². The molecule has 19 heavy (non-hydrogen) atoms. The predicted molar refractivity (Wildman–Crippen MR) is 72.2 cm³/mol. The van der Waals surface area contributed by atoms with Gasteiger partial charge in [-0.1, -0.05) is 13.0 Å². The van der Waals surface area contributed by atoms with Crippen LogP contribution in [0.1, 0.15) is 25.8 Å². The van der Waals surface area contributed by atoms with E-state index < -0.39 is 0 Å². The lowest BCUT2D eigenvalue weighted by Crippen LogP contribution is -2.38. The minimum atomic E-state index is 0.0232. The highest BCUT2D eigenvalue weighted by Gasteiger charge is 2.13. The standard InChI is InChI=1S/C14H20N2O3/c1-3-10(2)16-14(17)8-15-7-11-4-5-12-13(6-11)19-9-18-12/h4-6,10,15H,3,7-9H2,1-2H3,(H,16,17). The summed E-state index contributed by atoms with van der Waals surface area (Å²) in [5.74, 6) is 1.57.